The van der Waals surface area contributed by atoms with Crippen LogP contribution in [-0.4, -0.2) is 26.3 Å². The maximum Gasteiger partial charge on any atom is 0.181 e. The Labute approximate surface area is 491 Å². The van der Waals surface area contributed by atoms with E-state index in [4.69, 9.17) is 0 Å². The van der Waals surface area contributed by atoms with Crippen LogP contribution in [0.2, 0.25) is 0 Å². The molecule has 396 valence electrons. The first-order valence-corrected chi connectivity index (χ1v) is 31.4. The lowest BCUT2D eigenvalue weighted by Gasteiger charge is -2.37. The zero-order valence-corrected chi connectivity index (χ0v) is 47.3. The molecule has 0 saturated carbocycles. The lowest BCUT2D eigenvalue weighted by molar-refractivity contribution is 1.14. The molecule has 0 unspecified atom stereocenters. The van der Waals surface area contributed by atoms with Gasteiger partial charge in [-0.2, -0.15) is 0 Å². The van der Waals surface area contributed by atoms with Crippen LogP contribution in [0.4, 0.5) is 0 Å². The van der Waals surface area contributed by atoms with Gasteiger partial charge in [-0.15, -0.1) is 0 Å². The van der Waals surface area contributed by atoms with Crippen LogP contribution in [0.25, 0.3) is 132 Å². The molecule has 0 saturated heterocycles. The van der Waals surface area contributed by atoms with Gasteiger partial charge < -0.3 is 18.3 Å². The number of hydrogen-bond donors (Lipinski definition) is 0. The van der Waals surface area contributed by atoms with Crippen molar-refractivity contribution in [3.05, 3.63) is 315 Å². The van der Waals surface area contributed by atoms with Gasteiger partial charge in [0.05, 0.1) is 44.1 Å². The van der Waals surface area contributed by atoms with Crippen LogP contribution < -0.4 is 20.7 Å². The largest absolute Gasteiger partial charge is 0.309 e. The number of benzene rings is 14. The fraction of sp³-hybridized carbons (Fsp3) is 0. The standard InChI is InChI=1S/C80H52N4Si/c1-3-27-61-53(23-1)25-21-45-79(61)85(80-46-22-26-54-24-2-4-28-62(54)80,59-49-55(81-71-37-13-5-29-63(71)64-30-6-14-38-72(64)81)47-56(50-59)82-73-39-15-7-31-65(73)66-32-8-16-40-74(66)82)60-51-57(83-75-41-17-9-33-67(75)68-34-10-18-42-76(68)83)48-58(52-60)84-77-43-19-11-35-69(77)70-36-12-20-44-78(70)84/h1-52H. The Bertz CT molecular complexity index is 4930. The highest BCUT2D eigenvalue weighted by Gasteiger charge is 2.45. The van der Waals surface area contributed by atoms with Crippen LogP contribution in [0.5, 0.6) is 0 Å². The fourth-order valence-electron chi connectivity index (χ4n) is 15.0. The minimum atomic E-state index is -3.80. The van der Waals surface area contributed by atoms with Crippen molar-refractivity contribution in [3.8, 4) is 22.7 Å². The first-order valence-electron chi connectivity index (χ1n) is 29.4. The molecule has 0 radical (unpaired) electrons. The summed E-state index contributed by atoms with van der Waals surface area (Å²) < 4.78 is 10.1. The van der Waals surface area contributed by atoms with Gasteiger partial charge in [-0.1, -0.05) is 231 Å². The van der Waals surface area contributed by atoms with E-state index in [1.54, 1.807) is 0 Å². The SMILES string of the molecule is c1ccc2c([Si](c3cc(-n4c5ccccc5c5ccccc54)cc(-n4c5ccccc5c5ccccc54)c3)(c3cc(-n4c5ccccc5c5ccccc54)cc(-n4c5ccccc5c5ccccc54)c3)c3cccc4ccccc34)cccc2c1. The van der Waals surface area contributed by atoms with Crippen molar-refractivity contribution in [2.45, 2.75) is 0 Å². The molecule has 0 aliphatic heterocycles. The van der Waals surface area contributed by atoms with E-state index in [9.17, 15) is 0 Å². The molecular formula is C80H52N4Si. The van der Waals surface area contributed by atoms with E-state index in [-0.39, 0.29) is 0 Å². The molecule has 0 aliphatic rings. The van der Waals surface area contributed by atoms with Gasteiger partial charge in [-0.05, 0) is 127 Å². The van der Waals surface area contributed by atoms with Gasteiger partial charge in [0.1, 0.15) is 0 Å². The fourth-order valence-corrected chi connectivity index (χ4v) is 20.3. The molecule has 4 heterocycles. The van der Waals surface area contributed by atoms with Crippen molar-refractivity contribution in [1.29, 1.82) is 0 Å². The molecule has 85 heavy (non-hydrogen) atoms. The van der Waals surface area contributed by atoms with Gasteiger partial charge in [0, 0.05) is 65.8 Å². The molecule has 18 aromatic rings. The van der Waals surface area contributed by atoms with Crippen LogP contribution in [0, 0.1) is 0 Å². The Kier molecular flexibility index (Phi) is 10.4. The van der Waals surface area contributed by atoms with Crippen molar-refractivity contribution in [1.82, 2.24) is 18.3 Å². The number of para-hydroxylation sites is 8. The summed E-state index contributed by atoms with van der Waals surface area (Å²) in [5, 5.41) is 19.9. The average molecular weight is 1100 g/mol. The summed E-state index contributed by atoms with van der Waals surface area (Å²) in [6.45, 7) is 0. The second-order valence-corrected chi connectivity index (χ2v) is 26.5. The maximum absolute atomic E-state index is 3.80. The zero-order valence-electron chi connectivity index (χ0n) is 46.3. The van der Waals surface area contributed by atoms with Gasteiger partial charge in [0.15, 0.2) is 8.07 Å². The highest BCUT2D eigenvalue weighted by Crippen LogP contribution is 2.39. The molecule has 0 spiro atoms. The molecule has 4 aromatic heterocycles. The number of rotatable bonds is 8. The monoisotopic (exact) mass is 1100 g/mol. The van der Waals surface area contributed by atoms with Crippen LogP contribution in [0.3, 0.4) is 0 Å². The summed E-state index contributed by atoms with van der Waals surface area (Å²) in [6, 6.07) is 119. The Hall–Kier alpha value is -11.0. The predicted molar refractivity (Wildman–Crippen MR) is 362 cm³/mol. The zero-order chi connectivity index (χ0) is 55.7. The molecule has 18 rings (SSSR count). The van der Waals surface area contributed by atoms with Crippen LogP contribution in [0.1, 0.15) is 0 Å². The molecule has 0 aliphatic carbocycles. The Morgan fingerprint density at radius 1 is 0.176 bits per heavy atom. The Morgan fingerprint density at radius 2 is 0.376 bits per heavy atom. The molecule has 0 amide bonds. The van der Waals surface area contributed by atoms with Crippen molar-refractivity contribution in [2.24, 2.45) is 0 Å². The first-order chi connectivity index (χ1) is 42.2. The Balaban J connectivity index is 1.09. The molecule has 0 bridgehead atoms. The quantitative estimate of drug-likeness (QED) is 0.107. The molecule has 0 atom stereocenters. The van der Waals surface area contributed by atoms with E-state index < -0.39 is 8.07 Å². The topological polar surface area (TPSA) is 19.7 Å². The smallest absolute Gasteiger partial charge is 0.181 e. The van der Waals surface area contributed by atoms with E-state index in [0.717, 1.165) is 22.7 Å². The lowest BCUT2D eigenvalue weighted by atomic mass is 10.1. The second-order valence-electron chi connectivity index (χ2n) is 22.8. The lowest BCUT2D eigenvalue weighted by Crippen LogP contribution is -2.75. The molecule has 0 fully saturated rings. The normalized spacial score (nSPS) is 12.2. The summed E-state index contributed by atoms with van der Waals surface area (Å²) in [4.78, 5) is 0. The van der Waals surface area contributed by atoms with E-state index in [1.165, 1.54) is 130 Å². The molecule has 4 nitrogen and oxygen atoms in total. The van der Waals surface area contributed by atoms with Crippen LogP contribution in [0.15, 0.2) is 315 Å². The summed E-state index contributed by atoms with van der Waals surface area (Å²) >= 11 is 0. The van der Waals surface area contributed by atoms with Gasteiger partial charge in [-0.25, -0.2) is 0 Å². The van der Waals surface area contributed by atoms with Crippen molar-refractivity contribution in [2.75, 3.05) is 0 Å². The molecule has 5 heteroatoms. The van der Waals surface area contributed by atoms with Crippen LogP contribution in [-0.2, 0) is 0 Å². The van der Waals surface area contributed by atoms with Crippen molar-refractivity contribution in [3.63, 3.8) is 0 Å². The van der Waals surface area contributed by atoms with Gasteiger partial charge in [-0.3, -0.25) is 0 Å². The molecule has 0 N–H and O–H groups in total. The third-order valence-corrected chi connectivity index (χ3v) is 23.2. The van der Waals surface area contributed by atoms with E-state index in [0.29, 0.717) is 0 Å². The van der Waals surface area contributed by atoms with Crippen molar-refractivity contribution >= 4 is 138 Å². The third kappa shape index (κ3) is 6.90. The van der Waals surface area contributed by atoms with Crippen molar-refractivity contribution < 1.29 is 0 Å². The third-order valence-electron chi connectivity index (χ3n) is 18.4. The summed E-state index contributed by atoms with van der Waals surface area (Å²) in [6.07, 6.45) is 0. The maximum atomic E-state index is 2.60. The second kappa shape index (κ2) is 18.5. The highest BCUT2D eigenvalue weighted by molar-refractivity contribution is 7.21. The molecule has 14 aromatic carbocycles. The minimum Gasteiger partial charge on any atom is -0.309 e. The van der Waals surface area contributed by atoms with Gasteiger partial charge >= 0.3 is 0 Å². The minimum absolute atomic E-state index is 1.10. The summed E-state index contributed by atoms with van der Waals surface area (Å²) in [5.41, 5.74) is 13.7. The van der Waals surface area contributed by atoms with Gasteiger partial charge in [0.2, 0.25) is 0 Å². The summed E-state index contributed by atoms with van der Waals surface area (Å²) in [7, 11) is -3.80. The van der Waals surface area contributed by atoms with E-state index in [1.807, 2.05) is 0 Å². The van der Waals surface area contributed by atoms with E-state index >= 15 is 0 Å². The number of aromatic nitrogens is 4. The summed E-state index contributed by atoms with van der Waals surface area (Å²) in [5.74, 6) is 0. The first kappa shape index (κ1) is 47.6. The Morgan fingerprint density at radius 3 is 0.624 bits per heavy atom. The van der Waals surface area contributed by atoms with Crippen LogP contribution >= 0.6 is 0 Å². The highest BCUT2D eigenvalue weighted by atomic mass is 28.3. The van der Waals surface area contributed by atoms with E-state index in [2.05, 4.69) is 334 Å². The molecular weight excluding hydrogens is 1040 g/mol. The number of nitrogens with zero attached hydrogens (tertiary/aromatic N) is 4. The number of hydrogen-bond acceptors (Lipinski definition) is 0. The predicted octanol–water partition coefficient (Wildman–Crippen LogP) is 17.8. The average Bonchev–Trinajstić information content (AvgIpc) is 1.35. The van der Waals surface area contributed by atoms with Gasteiger partial charge in [0.25, 0.3) is 0 Å². The number of fused-ring (bicyclic) bond motifs is 14.